The van der Waals surface area contributed by atoms with E-state index in [1.54, 1.807) is 39.9 Å². The van der Waals surface area contributed by atoms with Gasteiger partial charge in [0.05, 0.1) is 21.0 Å². The van der Waals surface area contributed by atoms with E-state index in [9.17, 15) is 31.8 Å². The van der Waals surface area contributed by atoms with Crippen LogP contribution in [0.2, 0.25) is 0 Å². The van der Waals surface area contributed by atoms with Crippen LogP contribution in [0.3, 0.4) is 0 Å². The van der Waals surface area contributed by atoms with Gasteiger partial charge in [-0.15, -0.1) is 22.7 Å². The molecule has 4 aromatic rings. The molecular weight excluding hydrogens is 737 g/mol. The number of aliphatic hydroxyl groups is 2. The first-order chi connectivity index (χ1) is 24.0. The van der Waals surface area contributed by atoms with Crippen molar-refractivity contribution in [3.8, 4) is 0 Å². The summed E-state index contributed by atoms with van der Waals surface area (Å²) in [4.78, 5) is 21.8. The zero-order valence-electron chi connectivity index (χ0n) is 28.4. The van der Waals surface area contributed by atoms with Crippen LogP contribution in [-0.2, 0) is 36.0 Å². The second kappa shape index (κ2) is 15.5. The highest BCUT2D eigenvalue weighted by atomic mass is 32.2. The molecule has 0 spiro atoms. The van der Waals surface area contributed by atoms with Crippen LogP contribution in [0, 0.1) is 0 Å². The Morgan fingerprint density at radius 3 is 1.55 bits per heavy atom. The van der Waals surface area contributed by atoms with Crippen LogP contribution in [0.1, 0.15) is 57.6 Å². The number of carbonyl (C=O) groups excluding carboxylic acids is 1. The lowest BCUT2D eigenvalue weighted by Crippen LogP contribution is -2.46. The van der Waals surface area contributed by atoms with E-state index >= 15 is 0 Å². The summed E-state index contributed by atoms with van der Waals surface area (Å²) < 4.78 is 59.6. The molecule has 2 fully saturated rings. The number of benzene rings is 2. The number of thiazole rings is 2. The maximum Gasteiger partial charge on any atom is 0.410 e. The molecule has 6 rings (SSSR count). The first-order valence-corrected chi connectivity index (χ1v) is 20.9. The molecule has 5 N–H and O–H groups in total. The Morgan fingerprint density at radius 2 is 1.18 bits per heavy atom. The standard InChI is InChI=1S/C19H25N3O5S2.C14H17N3O3S2/c1-18(2,3)27-17(23)22-11-8-19(24,9-12-22)14-4-6-15(7-5-14)29(25,26)21-16-20-10-13-28-16;18-14(5-7-15-8-6-14)11-1-3-12(4-2-11)22(19,20)17-13-16-9-10-21-13/h4-7,10,13,24H,8-9,11-12H2,1-3H3,(H,20,21);1-4,9-10,15,18H,5-8H2,(H,16,17). The molecule has 2 saturated heterocycles. The van der Waals surface area contributed by atoms with Gasteiger partial charge in [-0.3, -0.25) is 9.44 Å². The Balaban J connectivity index is 0.000000205. The first kappa shape index (κ1) is 38.6. The molecule has 0 aliphatic carbocycles. The highest BCUT2D eigenvalue weighted by Crippen LogP contribution is 2.34. The number of sulfonamides is 2. The van der Waals surface area contributed by atoms with Crippen LogP contribution >= 0.6 is 22.7 Å². The molecule has 14 nitrogen and oxygen atoms in total. The van der Waals surface area contributed by atoms with Gasteiger partial charge in [0, 0.05) is 36.2 Å². The van der Waals surface area contributed by atoms with Crippen LogP contribution in [0.15, 0.2) is 81.5 Å². The summed E-state index contributed by atoms with van der Waals surface area (Å²) in [7, 11) is -7.39. The molecule has 2 aliphatic heterocycles. The Labute approximate surface area is 306 Å². The number of likely N-dealkylation sites (tertiary alicyclic amines) is 1. The molecule has 51 heavy (non-hydrogen) atoms. The predicted molar refractivity (Wildman–Crippen MR) is 196 cm³/mol. The molecule has 0 unspecified atom stereocenters. The highest BCUT2D eigenvalue weighted by molar-refractivity contribution is 7.93. The summed E-state index contributed by atoms with van der Waals surface area (Å²) in [6.07, 6.45) is 4.59. The smallest absolute Gasteiger partial charge is 0.410 e. The first-order valence-electron chi connectivity index (χ1n) is 16.2. The molecule has 2 aliphatic rings. The molecule has 2 aromatic carbocycles. The summed E-state index contributed by atoms with van der Waals surface area (Å²) in [6.45, 7) is 7.65. The number of carbonyl (C=O) groups is 1. The molecule has 276 valence electrons. The second-order valence-electron chi connectivity index (χ2n) is 13.2. The van der Waals surface area contributed by atoms with Gasteiger partial charge in [0.2, 0.25) is 0 Å². The third-order valence-corrected chi connectivity index (χ3v) is 12.7. The van der Waals surface area contributed by atoms with Crippen molar-refractivity contribution in [3.05, 3.63) is 82.8 Å². The molecule has 0 bridgehead atoms. The van der Waals surface area contributed by atoms with Crippen LogP contribution < -0.4 is 14.8 Å². The highest BCUT2D eigenvalue weighted by Gasteiger charge is 2.37. The summed E-state index contributed by atoms with van der Waals surface area (Å²) in [6, 6.07) is 12.5. The number of anilines is 2. The molecule has 1 amide bonds. The molecule has 0 radical (unpaired) electrons. The number of piperidine rings is 2. The van der Waals surface area contributed by atoms with Crippen molar-refractivity contribution in [3.63, 3.8) is 0 Å². The average molecular weight is 779 g/mol. The quantitative estimate of drug-likeness (QED) is 0.166. The maximum absolute atomic E-state index is 12.4. The number of amides is 1. The van der Waals surface area contributed by atoms with E-state index in [1.165, 1.54) is 59.3 Å². The Kier molecular flexibility index (Phi) is 11.7. The zero-order chi connectivity index (χ0) is 36.9. The minimum atomic E-state index is -3.74. The van der Waals surface area contributed by atoms with Crippen molar-refractivity contribution in [1.82, 2.24) is 20.2 Å². The third kappa shape index (κ3) is 10.0. The van der Waals surface area contributed by atoms with Gasteiger partial charge in [-0.2, -0.15) is 0 Å². The van der Waals surface area contributed by atoms with Crippen LogP contribution in [0.5, 0.6) is 0 Å². The lowest BCUT2D eigenvalue weighted by atomic mass is 9.84. The van der Waals surface area contributed by atoms with E-state index in [-0.39, 0.29) is 9.79 Å². The van der Waals surface area contributed by atoms with E-state index < -0.39 is 42.9 Å². The van der Waals surface area contributed by atoms with Gasteiger partial charge in [-0.05, 0) is 94.9 Å². The fourth-order valence-electron chi connectivity index (χ4n) is 5.59. The largest absolute Gasteiger partial charge is 0.444 e. The van der Waals surface area contributed by atoms with Crippen molar-refractivity contribution in [1.29, 1.82) is 0 Å². The maximum atomic E-state index is 12.4. The minimum absolute atomic E-state index is 0.0891. The van der Waals surface area contributed by atoms with E-state index in [1.807, 2.05) is 20.8 Å². The van der Waals surface area contributed by atoms with Gasteiger partial charge in [0.1, 0.15) is 5.60 Å². The lowest BCUT2D eigenvalue weighted by molar-refractivity contribution is -0.0356. The summed E-state index contributed by atoms with van der Waals surface area (Å²) in [5.41, 5.74) is -1.20. The van der Waals surface area contributed by atoms with Gasteiger partial charge >= 0.3 is 6.09 Å². The number of rotatable bonds is 8. The van der Waals surface area contributed by atoms with Crippen molar-refractivity contribution >= 4 is 59.1 Å². The fourth-order valence-corrected chi connectivity index (χ4v) is 9.16. The Hall–Kier alpha value is -3.65. The Morgan fingerprint density at radius 1 is 0.765 bits per heavy atom. The summed E-state index contributed by atoms with van der Waals surface area (Å²) in [5.74, 6) is 0. The van der Waals surface area contributed by atoms with Crippen LogP contribution in [0.25, 0.3) is 0 Å². The lowest BCUT2D eigenvalue weighted by Gasteiger charge is -2.39. The second-order valence-corrected chi connectivity index (χ2v) is 18.4. The summed E-state index contributed by atoms with van der Waals surface area (Å²) >= 11 is 2.41. The molecule has 4 heterocycles. The normalized spacial score (nSPS) is 17.5. The third-order valence-electron chi connectivity index (χ3n) is 8.38. The summed E-state index contributed by atoms with van der Waals surface area (Å²) in [5, 5.41) is 28.9. The number of nitrogens with one attached hydrogen (secondary N) is 3. The van der Waals surface area contributed by atoms with Crippen molar-refractivity contribution in [2.24, 2.45) is 0 Å². The zero-order valence-corrected chi connectivity index (χ0v) is 31.7. The van der Waals surface area contributed by atoms with Gasteiger partial charge in [-0.1, -0.05) is 24.3 Å². The SMILES string of the molecule is CC(C)(C)OC(=O)N1CCC(O)(c2ccc(S(=O)(=O)Nc3nccs3)cc2)CC1.O=S(=O)(Nc1nccs1)c1ccc(C2(O)CCNCC2)cc1. The molecule has 2 aromatic heterocycles. The molecule has 18 heteroatoms. The van der Waals surface area contributed by atoms with Crippen LogP contribution in [-0.4, -0.2) is 79.8 Å². The van der Waals surface area contributed by atoms with E-state index in [0.717, 1.165) is 18.7 Å². The van der Waals surface area contributed by atoms with Gasteiger partial charge in [-0.25, -0.2) is 31.6 Å². The average Bonchev–Trinajstić information content (AvgIpc) is 3.79. The molecular formula is C33H42N6O8S4. The van der Waals surface area contributed by atoms with Crippen molar-refractivity contribution in [2.75, 3.05) is 35.6 Å². The monoisotopic (exact) mass is 778 g/mol. The van der Waals surface area contributed by atoms with E-state index in [2.05, 4.69) is 24.7 Å². The number of hydrogen-bond acceptors (Lipinski definition) is 13. The van der Waals surface area contributed by atoms with Gasteiger partial charge in [0.15, 0.2) is 10.3 Å². The molecule has 0 atom stereocenters. The van der Waals surface area contributed by atoms with Crippen LogP contribution in [0.4, 0.5) is 15.1 Å². The van der Waals surface area contributed by atoms with Crippen molar-refractivity contribution < 1.29 is 36.6 Å². The number of ether oxygens (including phenoxy) is 1. The molecule has 0 saturated carbocycles. The minimum Gasteiger partial charge on any atom is -0.444 e. The topological polar surface area (TPSA) is 200 Å². The van der Waals surface area contributed by atoms with Gasteiger partial charge < -0.3 is 25.2 Å². The Bertz CT molecular complexity index is 1950. The van der Waals surface area contributed by atoms with E-state index in [0.29, 0.717) is 54.6 Å². The van der Waals surface area contributed by atoms with Gasteiger partial charge in [0.25, 0.3) is 20.0 Å². The predicted octanol–water partition coefficient (Wildman–Crippen LogP) is 4.68. The number of aromatic nitrogens is 2. The fraction of sp³-hybridized carbons (Fsp3) is 0.424. The number of hydrogen-bond donors (Lipinski definition) is 5. The van der Waals surface area contributed by atoms with Crippen molar-refractivity contribution in [2.45, 2.75) is 73.0 Å². The van der Waals surface area contributed by atoms with E-state index in [4.69, 9.17) is 4.74 Å². The number of nitrogens with zero attached hydrogens (tertiary/aromatic N) is 3.